The van der Waals surface area contributed by atoms with Crippen LogP contribution >= 0.6 is 27.3 Å². The minimum atomic E-state index is 1.18. The quantitative estimate of drug-likeness (QED) is 0.304. The Balaban J connectivity index is 1.95. The summed E-state index contributed by atoms with van der Waals surface area (Å²) in [5.41, 5.74) is 8.89. The van der Waals surface area contributed by atoms with Crippen LogP contribution in [0.3, 0.4) is 0 Å². The zero-order chi connectivity index (χ0) is 19.0. The van der Waals surface area contributed by atoms with Crippen LogP contribution < -0.4 is 0 Å². The van der Waals surface area contributed by atoms with Gasteiger partial charge in [-0.2, -0.15) is 0 Å². The SMILES string of the molecule is Cc1ccc(-c2sc(-c3ccc(C)cc3)c(-c3ccc(C)cc3)c2Br)cc1. The molecule has 0 bridgehead atoms. The summed E-state index contributed by atoms with van der Waals surface area (Å²) in [4.78, 5) is 2.59. The molecule has 0 fully saturated rings. The highest BCUT2D eigenvalue weighted by atomic mass is 79.9. The van der Waals surface area contributed by atoms with E-state index in [0.717, 1.165) is 0 Å². The van der Waals surface area contributed by atoms with Crippen LogP contribution in [0.15, 0.2) is 77.3 Å². The number of halogens is 1. The van der Waals surface area contributed by atoms with Crippen molar-refractivity contribution in [3.05, 3.63) is 94.0 Å². The van der Waals surface area contributed by atoms with Crippen molar-refractivity contribution in [2.24, 2.45) is 0 Å². The first-order valence-corrected chi connectivity index (χ1v) is 10.7. The number of benzene rings is 3. The average Bonchev–Trinajstić information content (AvgIpc) is 3.01. The topological polar surface area (TPSA) is 0 Å². The summed E-state index contributed by atoms with van der Waals surface area (Å²) in [5.74, 6) is 0. The van der Waals surface area contributed by atoms with E-state index in [1.54, 1.807) is 0 Å². The van der Waals surface area contributed by atoms with Gasteiger partial charge in [0.25, 0.3) is 0 Å². The van der Waals surface area contributed by atoms with Gasteiger partial charge in [-0.1, -0.05) is 89.5 Å². The molecule has 0 aliphatic rings. The summed E-state index contributed by atoms with van der Waals surface area (Å²) in [7, 11) is 0. The Labute approximate surface area is 173 Å². The molecule has 0 unspecified atom stereocenters. The van der Waals surface area contributed by atoms with E-state index in [1.807, 2.05) is 11.3 Å². The van der Waals surface area contributed by atoms with Crippen molar-refractivity contribution < 1.29 is 0 Å². The lowest BCUT2D eigenvalue weighted by Crippen LogP contribution is -1.82. The van der Waals surface area contributed by atoms with Crippen molar-refractivity contribution >= 4 is 27.3 Å². The normalized spacial score (nSPS) is 11.0. The molecule has 3 aromatic carbocycles. The fourth-order valence-corrected chi connectivity index (χ4v) is 5.44. The molecule has 4 rings (SSSR count). The molecule has 1 heterocycles. The first kappa shape index (κ1) is 18.2. The molecule has 0 saturated heterocycles. The molecule has 27 heavy (non-hydrogen) atoms. The van der Waals surface area contributed by atoms with Crippen molar-refractivity contribution in [1.29, 1.82) is 0 Å². The molecule has 2 heteroatoms. The van der Waals surface area contributed by atoms with Crippen molar-refractivity contribution in [3.63, 3.8) is 0 Å². The van der Waals surface area contributed by atoms with Gasteiger partial charge in [0, 0.05) is 19.8 Å². The molecule has 1 aromatic heterocycles. The van der Waals surface area contributed by atoms with Gasteiger partial charge in [-0.25, -0.2) is 0 Å². The van der Waals surface area contributed by atoms with Crippen LogP contribution in [0.2, 0.25) is 0 Å². The van der Waals surface area contributed by atoms with Crippen LogP contribution in [0.4, 0.5) is 0 Å². The fourth-order valence-electron chi connectivity index (χ4n) is 3.19. The predicted molar refractivity (Wildman–Crippen MR) is 123 cm³/mol. The fraction of sp³-hybridized carbons (Fsp3) is 0.120. The third-order valence-electron chi connectivity index (χ3n) is 4.82. The van der Waals surface area contributed by atoms with Crippen LogP contribution in [0.25, 0.3) is 32.0 Å². The molecule has 0 nitrogen and oxygen atoms in total. The largest absolute Gasteiger partial charge is 0.133 e. The van der Waals surface area contributed by atoms with Gasteiger partial charge in [-0.15, -0.1) is 11.3 Å². The Kier molecular flexibility index (Phi) is 5.03. The second kappa shape index (κ2) is 7.46. The smallest absolute Gasteiger partial charge is 0.0498 e. The van der Waals surface area contributed by atoms with Crippen LogP contribution in [-0.4, -0.2) is 0 Å². The average molecular weight is 433 g/mol. The Bertz CT molecular complexity index is 1070. The number of hydrogen-bond acceptors (Lipinski definition) is 1. The van der Waals surface area contributed by atoms with Gasteiger partial charge in [-0.05, 0) is 53.4 Å². The molecule has 0 N–H and O–H groups in total. The van der Waals surface area contributed by atoms with Gasteiger partial charge in [0.2, 0.25) is 0 Å². The molecule has 0 saturated carbocycles. The highest BCUT2D eigenvalue weighted by Crippen LogP contribution is 2.50. The summed E-state index contributed by atoms with van der Waals surface area (Å²) in [5, 5.41) is 0. The predicted octanol–water partition coefficient (Wildman–Crippen LogP) is 8.44. The monoisotopic (exact) mass is 432 g/mol. The van der Waals surface area contributed by atoms with E-state index in [-0.39, 0.29) is 0 Å². The van der Waals surface area contributed by atoms with E-state index in [0.29, 0.717) is 0 Å². The van der Waals surface area contributed by atoms with E-state index in [1.165, 1.54) is 53.2 Å². The van der Waals surface area contributed by atoms with E-state index in [4.69, 9.17) is 0 Å². The van der Waals surface area contributed by atoms with Crippen molar-refractivity contribution in [2.75, 3.05) is 0 Å². The summed E-state index contributed by atoms with van der Waals surface area (Å²) in [6.45, 7) is 6.39. The highest BCUT2D eigenvalue weighted by molar-refractivity contribution is 9.10. The van der Waals surface area contributed by atoms with Gasteiger partial charge in [-0.3, -0.25) is 0 Å². The lowest BCUT2D eigenvalue weighted by molar-refractivity contribution is 1.46. The molecule has 0 aliphatic carbocycles. The molecule has 0 radical (unpaired) electrons. The van der Waals surface area contributed by atoms with Crippen molar-refractivity contribution in [2.45, 2.75) is 20.8 Å². The molecular weight excluding hydrogens is 412 g/mol. The van der Waals surface area contributed by atoms with Gasteiger partial charge < -0.3 is 0 Å². The van der Waals surface area contributed by atoms with Crippen molar-refractivity contribution in [3.8, 4) is 32.0 Å². The Morgan fingerprint density at radius 3 is 1.33 bits per heavy atom. The number of thiophene rings is 1. The van der Waals surface area contributed by atoms with Crippen molar-refractivity contribution in [1.82, 2.24) is 0 Å². The Morgan fingerprint density at radius 1 is 0.519 bits per heavy atom. The van der Waals surface area contributed by atoms with Crippen LogP contribution in [-0.2, 0) is 0 Å². The number of aryl methyl sites for hydroxylation is 3. The molecule has 0 amide bonds. The van der Waals surface area contributed by atoms with Crippen LogP contribution in [0, 0.1) is 20.8 Å². The second-order valence-electron chi connectivity index (χ2n) is 7.05. The van der Waals surface area contributed by atoms with E-state index in [2.05, 4.69) is 109 Å². The lowest BCUT2D eigenvalue weighted by Gasteiger charge is -2.07. The van der Waals surface area contributed by atoms with Crippen LogP contribution in [0.5, 0.6) is 0 Å². The Morgan fingerprint density at radius 2 is 0.889 bits per heavy atom. The number of hydrogen-bond donors (Lipinski definition) is 0. The van der Waals surface area contributed by atoms with E-state index in [9.17, 15) is 0 Å². The highest BCUT2D eigenvalue weighted by Gasteiger charge is 2.20. The van der Waals surface area contributed by atoms with Gasteiger partial charge in [0.15, 0.2) is 0 Å². The summed E-state index contributed by atoms with van der Waals surface area (Å²) < 4.78 is 1.18. The second-order valence-corrected chi connectivity index (χ2v) is 8.86. The maximum absolute atomic E-state index is 3.93. The molecule has 0 aliphatic heterocycles. The zero-order valence-electron chi connectivity index (χ0n) is 15.7. The maximum Gasteiger partial charge on any atom is 0.0498 e. The number of rotatable bonds is 3. The molecule has 0 atom stereocenters. The minimum absolute atomic E-state index is 1.18. The standard InChI is InChI=1S/C25H21BrS/c1-16-4-10-19(11-5-16)22-23(26)25(21-14-8-18(3)9-15-21)27-24(22)20-12-6-17(2)7-13-20/h4-15H,1-3H3. The zero-order valence-corrected chi connectivity index (χ0v) is 18.1. The van der Waals surface area contributed by atoms with Crippen LogP contribution in [0.1, 0.15) is 16.7 Å². The van der Waals surface area contributed by atoms with Gasteiger partial charge >= 0.3 is 0 Å². The lowest BCUT2D eigenvalue weighted by atomic mass is 10.00. The summed E-state index contributed by atoms with van der Waals surface area (Å²) >= 11 is 5.79. The maximum atomic E-state index is 3.93. The van der Waals surface area contributed by atoms with E-state index >= 15 is 0 Å². The molecular formula is C25H21BrS. The third-order valence-corrected chi connectivity index (χ3v) is 7.16. The first-order valence-electron chi connectivity index (χ1n) is 9.06. The minimum Gasteiger partial charge on any atom is -0.133 e. The molecule has 4 aromatic rings. The summed E-state index contributed by atoms with van der Waals surface area (Å²) in [6.07, 6.45) is 0. The summed E-state index contributed by atoms with van der Waals surface area (Å²) in [6, 6.07) is 26.4. The Hall–Kier alpha value is -2.16. The third kappa shape index (κ3) is 3.65. The van der Waals surface area contributed by atoms with E-state index < -0.39 is 0 Å². The van der Waals surface area contributed by atoms with Gasteiger partial charge in [0.05, 0.1) is 0 Å². The molecule has 134 valence electrons. The molecule has 0 spiro atoms. The van der Waals surface area contributed by atoms with Gasteiger partial charge in [0.1, 0.15) is 0 Å². The first-order chi connectivity index (χ1) is 13.0.